The number of hydrogen-bond acceptors (Lipinski definition) is 8. The molecule has 0 aliphatic carbocycles. The van der Waals surface area contributed by atoms with E-state index in [1.54, 1.807) is 29.4 Å². The van der Waals surface area contributed by atoms with Gasteiger partial charge in [0, 0.05) is 23.3 Å². The highest BCUT2D eigenvalue weighted by Gasteiger charge is 2.26. The van der Waals surface area contributed by atoms with Gasteiger partial charge in [-0.15, -0.1) is 0 Å². The van der Waals surface area contributed by atoms with Crippen molar-refractivity contribution in [2.75, 3.05) is 18.9 Å². The zero-order chi connectivity index (χ0) is 25.1. The second-order valence-electron chi connectivity index (χ2n) is 8.78. The summed E-state index contributed by atoms with van der Waals surface area (Å²) in [6.45, 7) is 5.33. The molecule has 2 N–H and O–H groups in total. The fourth-order valence-electron chi connectivity index (χ4n) is 4.20. The highest BCUT2D eigenvalue weighted by molar-refractivity contribution is 5.98. The number of aryl methyl sites for hydroxylation is 1. The second-order valence-corrected chi connectivity index (χ2v) is 8.78. The van der Waals surface area contributed by atoms with E-state index < -0.39 is 0 Å². The smallest absolute Gasteiger partial charge is 0.254 e. The molecule has 1 atom stereocenters. The number of hydrogen-bond donors (Lipinski definition) is 1. The van der Waals surface area contributed by atoms with E-state index in [0.717, 1.165) is 34.2 Å². The standard InChI is InChI=1S/C27H27N7O2/c1-17-14-21-15-20(4-6-23(21)31-25(17)28)27(35)34(18(2)26-29-10-3-11-30-26)16-22-5-7-24(33-32-22)19-8-12-36-13-9-19/h3-8,10-11,14-15,18H,9,12-13,16H2,1-2H3,(H2,28,31). The average Bonchev–Trinajstić information content (AvgIpc) is 2.93. The van der Waals surface area contributed by atoms with Gasteiger partial charge in [-0.3, -0.25) is 4.79 Å². The number of pyridine rings is 1. The van der Waals surface area contributed by atoms with Gasteiger partial charge in [-0.2, -0.15) is 10.2 Å². The van der Waals surface area contributed by atoms with Crippen molar-refractivity contribution in [3.63, 3.8) is 0 Å². The first kappa shape index (κ1) is 23.5. The summed E-state index contributed by atoms with van der Waals surface area (Å²) in [5.74, 6) is 0.870. The summed E-state index contributed by atoms with van der Waals surface area (Å²) in [5, 5.41) is 9.69. The third kappa shape index (κ3) is 4.92. The average molecular weight is 482 g/mol. The van der Waals surface area contributed by atoms with Crippen LogP contribution in [0, 0.1) is 6.92 Å². The Hall–Kier alpha value is -4.24. The van der Waals surface area contributed by atoms with Crippen molar-refractivity contribution in [2.45, 2.75) is 32.9 Å². The molecule has 0 spiro atoms. The van der Waals surface area contributed by atoms with Crippen LogP contribution in [-0.4, -0.2) is 49.2 Å². The lowest BCUT2D eigenvalue weighted by Crippen LogP contribution is -2.34. The summed E-state index contributed by atoms with van der Waals surface area (Å²) in [7, 11) is 0. The monoisotopic (exact) mass is 481 g/mol. The molecule has 182 valence electrons. The summed E-state index contributed by atoms with van der Waals surface area (Å²) in [5.41, 5.74) is 10.7. The van der Waals surface area contributed by atoms with E-state index >= 15 is 0 Å². The van der Waals surface area contributed by atoms with E-state index in [9.17, 15) is 4.79 Å². The van der Waals surface area contributed by atoms with Gasteiger partial charge in [0.15, 0.2) is 0 Å². The maximum atomic E-state index is 13.8. The number of amides is 1. The molecule has 9 heteroatoms. The molecular weight excluding hydrogens is 454 g/mol. The largest absolute Gasteiger partial charge is 0.383 e. The lowest BCUT2D eigenvalue weighted by molar-refractivity contribution is 0.0663. The summed E-state index contributed by atoms with van der Waals surface area (Å²) < 4.78 is 5.38. The van der Waals surface area contributed by atoms with Crippen LogP contribution in [0.3, 0.4) is 0 Å². The molecule has 4 heterocycles. The van der Waals surface area contributed by atoms with Crippen LogP contribution < -0.4 is 5.73 Å². The van der Waals surface area contributed by atoms with E-state index in [1.807, 2.05) is 50.3 Å². The summed E-state index contributed by atoms with van der Waals surface area (Å²) in [6.07, 6.45) is 6.18. The number of carbonyl (C=O) groups is 1. The van der Waals surface area contributed by atoms with E-state index in [4.69, 9.17) is 10.5 Å². The van der Waals surface area contributed by atoms with E-state index in [-0.39, 0.29) is 18.5 Å². The molecule has 1 aromatic carbocycles. The number of ether oxygens (including phenoxy) is 1. The van der Waals surface area contributed by atoms with Crippen LogP contribution in [0.2, 0.25) is 0 Å². The number of carbonyl (C=O) groups excluding carboxylic acids is 1. The number of anilines is 1. The maximum absolute atomic E-state index is 13.8. The van der Waals surface area contributed by atoms with Crippen molar-refractivity contribution in [1.82, 2.24) is 30.0 Å². The Morgan fingerprint density at radius 2 is 1.97 bits per heavy atom. The van der Waals surface area contributed by atoms with Gasteiger partial charge in [-0.25, -0.2) is 15.0 Å². The first-order chi connectivity index (χ1) is 17.5. The van der Waals surface area contributed by atoms with Gasteiger partial charge in [0.2, 0.25) is 0 Å². The highest BCUT2D eigenvalue weighted by Crippen LogP contribution is 2.25. The first-order valence-corrected chi connectivity index (χ1v) is 11.8. The Bertz CT molecular complexity index is 1420. The Kier molecular flexibility index (Phi) is 6.64. The van der Waals surface area contributed by atoms with Gasteiger partial charge >= 0.3 is 0 Å². The molecular formula is C27H27N7O2. The molecule has 1 unspecified atom stereocenters. The molecule has 9 nitrogen and oxygen atoms in total. The van der Waals surface area contributed by atoms with Crippen LogP contribution in [0.25, 0.3) is 16.5 Å². The quantitative estimate of drug-likeness (QED) is 0.440. The van der Waals surface area contributed by atoms with Gasteiger partial charge in [-0.05, 0) is 73.9 Å². The predicted molar refractivity (Wildman–Crippen MR) is 137 cm³/mol. The van der Waals surface area contributed by atoms with Crippen molar-refractivity contribution in [3.8, 4) is 0 Å². The summed E-state index contributed by atoms with van der Waals surface area (Å²) >= 11 is 0. The SMILES string of the molecule is Cc1cc2cc(C(=O)N(Cc3ccc(C4=CCOCC4)nn3)C(C)c3ncccn3)ccc2nc1N. The molecule has 36 heavy (non-hydrogen) atoms. The predicted octanol–water partition coefficient (Wildman–Crippen LogP) is 3.91. The Morgan fingerprint density at radius 1 is 1.14 bits per heavy atom. The molecule has 1 aliphatic rings. The molecule has 0 fully saturated rings. The van der Waals surface area contributed by atoms with Crippen LogP contribution >= 0.6 is 0 Å². The Labute approximate surface area is 209 Å². The first-order valence-electron chi connectivity index (χ1n) is 11.8. The van der Waals surface area contributed by atoms with E-state index in [1.165, 1.54) is 0 Å². The number of nitrogens with two attached hydrogens (primary N) is 1. The molecule has 0 saturated heterocycles. The fourth-order valence-corrected chi connectivity index (χ4v) is 4.20. The molecule has 5 rings (SSSR count). The minimum atomic E-state index is -0.389. The van der Waals surface area contributed by atoms with Gasteiger partial charge in [0.25, 0.3) is 5.91 Å². The zero-order valence-corrected chi connectivity index (χ0v) is 20.3. The third-order valence-electron chi connectivity index (χ3n) is 6.32. The molecule has 1 aliphatic heterocycles. The second kappa shape index (κ2) is 10.2. The zero-order valence-electron chi connectivity index (χ0n) is 20.3. The van der Waals surface area contributed by atoms with Crippen molar-refractivity contribution in [2.24, 2.45) is 0 Å². The fraction of sp³-hybridized carbons (Fsp3) is 0.259. The third-order valence-corrected chi connectivity index (χ3v) is 6.32. The number of nitrogen functional groups attached to an aromatic ring is 1. The van der Waals surface area contributed by atoms with Crippen molar-refractivity contribution in [1.29, 1.82) is 0 Å². The van der Waals surface area contributed by atoms with Crippen LogP contribution in [0.1, 0.15) is 52.5 Å². The van der Waals surface area contributed by atoms with Gasteiger partial charge in [-0.1, -0.05) is 6.08 Å². The number of rotatable bonds is 6. The highest BCUT2D eigenvalue weighted by atomic mass is 16.5. The van der Waals surface area contributed by atoms with Crippen LogP contribution in [0.4, 0.5) is 5.82 Å². The van der Waals surface area contributed by atoms with Crippen LogP contribution in [-0.2, 0) is 11.3 Å². The minimum Gasteiger partial charge on any atom is -0.383 e. The minimum absolute atomic E-state index is 0.163. The topological polar surface area (TPSA) is 120 Å². The van der Waals surface area contributed by atoms with Crippen molar-refractivity contribution in [3.05, 3.63) is 89.3 Å². The Morgan fingerprint density at radius 3 is 2.69 bits per heavy atom. The van der Waals surface area contributed by atoms with Crippen LogP contribution in [0.15, 0.2) is 60.9 Å². The maximum Gasteiger partial charge on any atom is 0.254 e. The van der Waals surface area contributed by atoms with Gasteiger partial charge in [0.1, 0.15) is 11.6 Å². The summed E-state index contributed by atoms with van der Waals surface area (Å²) in [6, 6.07) is 12.6. The normalized spacial score (nSPS) is 14.3. The number of nitrogens with zero attached hydrogens (tertiary/aromatic N) is 6. The molecule has 0 saturated carbocycles. The number of aromatic nitrogens is 5. The lowest BCUT2D eigenvalue weighted by Gasteiger charge is -2.28. The molecule has 4 aromatic rings. The van der Waals surface area contributed by atoms with Crippen LogP contribution in [0.5, 0.6) is 0 Å². The molecule has 0 radical (unpaired) electrons. The summed E-state index contributed by atoms with van der Waals surface area (Å²) in [4.78, 5) is 28.7. The van der Waals surface area contributed by atoms with Crippen molar-refractivity contribution >= 4 is 28.2 Å². The number of benzene rings is 1. The molecule has 3 aromatic heterocycles. The van der Waals surface area contributed by atoms with Crippen molar-refractivity contribution < 1.29 is 9.53 Å². The number of fused-ring (bicyclic) bond motifs is 1. The van der Waals surface area contributed by atoms with E-state index in [2.05, 4.69) is 25.1 Å². The van der Waals surface area contributed by atoms with E-state index in [0.29, 0.717) is 36.1 Å². The molecule has 0 bridgehead atoms. The van der Waals surface area contributed by atoms with Gasteiger partial charge < -0.3 is 15.4 Å². The lowest BCUT2D eigenvalue weighted by atomic mass is 10.1. The van der Waals surface area contributed by atoms with Gasteiger partial charge in [0.05, 0.1) is 42.7 Å². The molecule has 1 amide bonds. The Balaban J connectivity index is 1.46.